The second-order valence-electron chi connectivity index (χ2n) is 3.40. The van der Waals surface area contributed by atoms with Gasteiger partial charge in [-0.15, -0.1) is 0 Å². The number of likely N-dealkylation sites (N-methyl/N-ethyl adjacent to an activating group) is 1. The monoisotopic (exact) mass is 302 g/mol. The van der Waals surface area contributed by atoms with E-state index in [9.17, 15) is 4.79 Å². The lowest BCUT2D eigenvalue weighted by Gasteiger charge is -2.17. The number of rotatable bonds is 6. The Balaban J connectivity index is 2.49. The highest BCUT2D eigenvalue weighted by Gasteiger charge is 2.15. The van der Waals surface area contributed by atoms with Crippen LogP contribution >= 0.6 is 15.9 Å². The Hall–Kier alpha value is -0.980. The van der Waals surface area contributed by atoms with Crippen LogP contribution in [0.4, 0.5) is 0 Å². The molecule has 1 N–H and O–H groups in total. The predicted molar refractivity (Wildman–Crippen MR) is 66.8 cm³/mol. The molecule has 17 heavy (non-hydrogen) atoms. The van der Waals surface area contributed by atoms with E-state index in [2.05, 4.69) is 20.9 Å². The third-order valence-electron chi connectivity index (χ3n) is 2.11. The number of nitrogens with zero attached hydrogens (tertiary/aromatic N) is 2. The molecule has 0 spiro atoms. The number of ether oxygens (including phenoxy) is 1. The molecule has 0 unspecified atom stereocenters. The van der Waals surface area contributed by atoms with Gasteiger partial charge in [-0.1, -0.05) is 0 Å². The third-order valence-corrected chi connectivity index (χ3v) is 2.75. The standard InChI is InChI=1S/C11H15BrN2O3/c1-14(5-7-17-8-6-15)11(16)10-9(12)3-2-4-13-10/h2-4,15H,5-8H2,1H3. The molecule has 1 amide bonds. The molecule has 1 heterocycles. The molecule has 0 saturated heterocycles. The number of amides is 1. The number of pyridine rings is 1. The maximum Gasteiger partial charge on any atom is 0.273 e. The van der Waals surface area contributed by atoms with Gasteiger partial charge in [0.25, 0.3) is 5.91 Å². The van der Waals surface area contributed by atoms with Gasteiger partial charge in [0.2, 0.25) is 0 Å². The largest absolute Gasteiger partial charge is 0.394 e. The van der Waals surface area contributed by atoms with Crippen LogP contribution < -0.4 is 0 Å². The number of halogens is 1. The SMILES string of the molecule is CN(CCOCCO)C(=O)c1ncccc1Br. The molecule has 1 aromatic heterocycles. The van der Waals surface area contributed by atoms with Crippen LogP contribution in [0.5, 0.6) is 0 Å². The highest BCUT2D eigenvalue weighted by molar-refractivity contribution is 9.10. The average molecular weight is 303 g/mol. The van der Waals surface area contributed by atoms with Crippen LogP contribution in [0, 0.1) is 0 Å². The molecule has 1 aromatic rings. The van der Waals surface area contributed by atoms with E-state index in [1.54, 1.807) is 25.4 Å². The first-order valence-corrected chi connectivity index (χ1v) is 6.00. The molecule has 6 heteroatoms. The van der Waals surface area contributed by atoms with Crippen molar-refractivity contribution in [1.29, 1.82) is 0 Å². The minimum absolute atomic E-state index is 0.0105. The quantitative estimate of drug-likeness (QED) is 0.794. The van der Waals surface area contributed by atoms with Gasteiger partial charge in [-0.2, -0.15) is 0 Å². The molecule has 0 aromatic carbocycles. The van der Waals surface area contributed by atoms with Crippen molar-refractivity contribution in [2.75, 3.05) is 33.4 Å². The summed E-state index contributed by atoms with van der Waals surface area (Å²) in [7, 11) is 1.69. The van der Waals surface area contributed by atoms with E-state index in [1.807, 2.05) is 0 Å². The van der Waals surface area contributed by atoms with Gasteiger partial charge in [0.15, 0.2) is 0 Å². The summed E-state index contributed by atoms with van der Waals surface area (Å²) in [6, 6.07) is 3.53. The van der Waals surface area contributed by atoms with Crippen molar-refractivity contribution in [1.82, 2.24) is 9.88 Å². The van der Waals surface area contributed by atoms with E-state index in [0.717, 1.165) is 0 Å². The Kier molecular flexibility index (Phi) is 6.10. The fourth-order valence-corrected chi connectivity index (χ4v) is 1.62. The molecule has 5 nitrogen and oxygen atoms in total. The number of hydrogen-bond donors (Lipinski definition) is 1. The van der Waals surface area contributed by atoms with Gasteiger partial charge in [-0.3, -0.25) is 4.79 Å². The molecular formula is C11H15BrN2O3. The summed E-state index contributed by atoms with van der Waals surface area (Å²) in [4.78, 5) is 17.5. The maximum atomic E-state index is 12.0. The third kappa shape index (κ3) is 4.41. The fraction of sp³-hybridized carbons (Fsp3) is 0.455. The highest BCUT2D eigenvalue weighted by Crippen LogP contribution is 2.14. The summed E-state index contributed by atoms with van der Waals surface area (Å²) < 4.78 is 5.77. The summed E-state index contributed by atoms with van der Waals surface area (Å²) in [6.07, 6.45) is 1.58. The zero-order chi connectivity index (χ0) is 12.7. The van der Waals surface area contributed by atoms with Gasteiger partial charge in [0, 0.05) is 24.3 Å². The zero-order valence-corrected chi connectivity index (χ0v) is 11.2. The van der Waals surface area contributed by atoms with Crippen LogP contribution in [-0.4, -0.2) is 54.3 Å². The van der Waals surface area contributed by atoms with Crippen molar-refractivity contribution >= 4 is 21.8 Å². The summed E-state index contributed by atoms with van der Waals surface area (Å²) >= 11 is 3.28. The van der Waals surface area contributed by atoms with Crippen LogP contribution in [0.2, 0.25) is 0 Å². The Morgan fingerprint density at radius 3 is 3.00 bits per heavy atom. The van der Waals surface area contributed by atoms with Gasteiger partial charge < -0.3 is 14.7 Å². The van der Waals surface area contributed by atoms with Crippen molar-refractivity contribution in [3.63, 3.8) is 0 Å². The van der Waals surface area contributed by atoms with Crippen LogP contribution in [-0.2, 0) is 4.74 Å². The van der Waals surface area contributed by atoms with E-state index in [1.165, 1.54) is 4.90 Å². The maximum absolute atomic E-state index is 12.0. The second-order valence-corrected chi connectivity index (χ2v) is 4.25. The summed E-state index contributed by atoms with van der Waals surface area (Å²) in [6.45, 7) is 1.13. The van der Waals surface area contributed by atoms with E-state index in [0.29, 0.717) is 23.3 Å². The van der Waals surface area contributed by atoms with Crippen molar-refractivity contribution in [3.05, 3.63) is 28.5 Å². The average Bonchev–Trinajstić information content (AvgIpc) is 2.34. The number of aliphatic hydroxyl groups is 1. The van der Waals surface area contributed by atoms with Crippen LogP contribution in [0.1, 0.15) is 10.5 Å². The van der Waals surface area contributed by atoms with E-state index < -0.39 is 0 Å². The first kappa shape index (κ1) is 14.1. The smallest absolute Gasteiger partial charge is 0.273 e. The number of aliphatic hydroxyl groups excluding tert-OH is 1. The van der Waals surface area contributed by atoms with Gasteiger partial charge in [-0.05, 0) is 28.1 Å². The molecule has 0 atom stereocenters. The Bertz CT molecular complexity index is 373. The molecule has 0 aliphatic heterocycles. The van der Waals surface area contributed by atoms with E-state index >= 15 is 0 Å². The Morgan fingerprint density at radius 2 is 2.35 bits per heavy atom. The molecule has 1 rings (SSSR count). The Morgan fingerprint density at radius 1 is 1.59 bits per heavy atom. The predicted octanol–water partition coefficient (Wildman–Crippen LogP) is 0.925. The lowest BCUT2D eigenvalue weighted by Crippen LogP contribution is -2.31. The number of carbonyl (C=O) groups is 1. The molecule has 0 aliphatic carbocycles. The van der Waals surface area contributed by atoms with Crippen molar-refractivity contribution < 1.29 is 14.6 Å². The van der Waals surface area contributed by atoms with Crippen molar-refractivity contribution in [2.45, 2.75) is 0 Å². The lowest BCUT2D eigenvalue weighted by molar-refractivity contribution is 0.0614. The Labute approximate surface area is 109 Å². The number of carbonyl (C=O) groups excluding carboxylic acids is 1. The van der Waals surface area contributed by atoms with Gasteiger partial charge in [0.1, 0.15) is 5.69 Å². The van der Waals surface area contributed by atoms with Crippen LogP contribution in [0.25, 0.3) is 0 Å². The van der Waals surface area contributed by atoms with Gasteiger partial charge in [-0.25, -0.2) is 4.98 Å². The first-order valence-electron chi connectivity index (χ1n) is 5.21. The molecule has 0 bridgehead atoms. The topological polar surface area (TPSA) is 62.7 Å². The fourth-order valence-electron chi connectivity index (χ4n) is 1.19. The highest BCUT2D eigenvalue weighted by atomic mass is 79.9. The normalized spacial score (nSPS) is 10.3. The minimum atomic E-state index is -0.162. The number of hydrogen-bond acceptors (Lipinski definition) is 4. The van der Waals surface area contributed by atoms with E-state index in [-0.39, 0.29) is 19.1 Å². The second kappa shape index (κ2) is 7.37. The number of aromatic nitrogens is 1. The summed E-state index contributed by atoms with van der Waals surface area (Å²) in [5.41, 5.74) is 0.386. The molecule has 94 valence electrons. The molecule has 0 aliphatic rings. The first-order chi connectivity index (χ1) is 8.16. The van der Waals surface area contributed by atoms with Crippen molar-refractivity contribution in [2.24, 2.45) is 0 Å². The molecular weight excluding hydrogens is 288 g/mol. The van der Waals surface area contributed by atoms with Crippen molar-refractivity contribution in [3.8, 4) is 0 Å². The summed E-state index contributed by atoms with van der Waals surface area (Å²) in [5, 5.41) is 8.53. The van der Waals surface area contributed by atoms with Gasteiger partial charge >= 0.3 is 0 Å². The van der Waals surface area contributed by atoms with Crippen LogP contribution in [0.3, 0.4) is 0 Å². The molecule has 0 saturated carbocycles. The molecule has 0 fully saturated rings. The molecule has 0 radical (unpaired) electrons. The minimum Gasteiger partial charge on any atom is -0.394 e. The van der Waals surface area contributed by atoms with Gasteiger partial charge in [0.05, 0.1) is 19.8 Å². The lowest BCUT2D eigenvalue weighted by atomic mass is 10.3. The van der Waals surface area contributed by atoms with Crippen LogP contribution in [0.15, 0.2) is 22.8 Å². The van der Waals surface area contributed by atoms with E-state index in [4.69, 9.17) is 9.84 Å². The summed E-state index contributed by atoms with van der Waals surface area (Å²) in [5.74, 6) is -0.162. The zero-order valence-electron chi connectivity index (χ0n) is 9.60.